The summed E-state index contributed by atoms with van der Waals surface area (Å²) in [6, 6.07) is 3.79. The number of halogens is 3. The van der Waals surface area contributed by atoms with Gasteiger partial charge in [0.05, 0.1) is 10.0 Å². The molecule has 0 amide bonds. The van der Waals surface area contributed by atoms with Crippen molar-refractivity contribution >= 4 is 28.9 Å². The minimum Gasteiger partial charge on any atom is -0.385 e. The average molecular weight is 305 g/mol. The Hall–Kier alpha value is -0.510. The quantitative estimate of drug-likeness (QED) is 0.828. The molecular weight excluding hydrogens is 286 g/mol. The Morgan fingerprint density at radius 1 is 1.32 bits per heavy atom. The number of anilines is 1. The fourth-order valence-corrected chi connectivity index (χ4v) is 3.04. The van der Waals surface area contributed by atoms with Crippen molar-refractivity contribution in [3.63, 3.8) is 0 Å². The van der Waals surface area contributed by atoms with E-state index in [2.05, 4.69) is 17.3 Å². The van der Waals surface area contributed by atoms with E-state index in [1.54, 1.807) is 12.1 Å². The molecule has 0 bridgehead atoms. The number of benzene rings is 1. The Balaban J connectivity index is 1.85. The van der Waals surface area contributed by atoms with Gasteiger partial charge in [-0.25, -0.2) is 4.39 Å². The molecule has 1 atom stereocenters. The molecule has 106 valence electrons. The maximum Gasteiger partial charge on any atom is 0.160 e. The van der Waals surface area contributed by atoms with Crippen LogP contribution in [-0.2, 0) is 0 Å². The van der Waals surface area contributed by atoms with Gasteiger partial charge in [-0.2, -0.15) is 0 Å². The molecule has 0 radical (unpaired) electrons. The van der Waals surface area contributed by atoms with Crippen LogP contribution in [0.15, 0.2) is 12.1 Å². The highest BCUT2D eigenvalue weighted by molar-refractivity contribution is 6.35. The molecule has 1 aliphatic heterocycles. The van der Waals surface area contributed by atoms with Crippen LogP contribution in [0.4, 0.5) is 10.1 Å². The monoisotopic (exact) mass is 304 g/mol. The molecule has 2 nitrogen and oxygen atoms in total. The number of hydrogen-bond donors (Lipinski definition) is 1. The Kier molecular flexibility index (Phi) is 5.31. The molecule has 5 heteroatoms. The minimum absolute atomic E-state index is 0.0600. The van der Waals surface area contributed by atoms with E-state index in [1.807, 2.05) is 0 Å². The van der Waals surface area contributed by atoms with Crippen LogP contribution in [0, 0.1) is 5.82 Å². The molecule has 1 aliphatic rings. The van der Waals surface area contributed by atoms with Crippen molar-refractivity contribution in [1.29, 1.82) is 0 Å². The van der Waals surface area contributed by atoms with Crippen LogP contribution in [0.2, 0.25) is 10.0 Å². The molecular formula is C14H19Cl2FN2. The van der Waals surface area contributed by atoms with Crippen molar-refractivity contribution < 1.29 is 4.39 Å². The first-order valence-corrected chi connectivity index (χ1v) is 7.42. The van der Waals surface area contributed by atoms with E-state index in [0.29, 0.717) is 6.04 Å². The van der Waals surface area contributed by atoms with E-state index in [-0.39, 0.29) is 10.0 Å². The Labute approximate surface area is 123 Å². The van der Waals surface area contributed by atoms with Gasteiger partial charge >= 0.3 is 0 Å². The predicted octanol–water partition coefficient (Wildman–Crippen LogP) is 4.42. The predicted molar refractivity (Wildman–Crippen MR) is 79.8 cm³/mol. The van der Waals surface area contributed by atoms with Crippen molar-refractivity contribution in [2.75, 3.05) is 25.5 Å². The highest BCUT2D eigenvalue weighted by atomic mass is 35.5. The topological polar surface area (TPSA) is 15.3 Å². The van der Waals surface area contributed by atoms with Crippen LogP contribution >= 0.6 is 23.2 Å². The fraction of sp³-hybridized carbons (Fsp3) is 0.571. The van der Waals surface area contributed by atoms with Crippen LogP contribution < -0.4 is 5.32 Å². The van der Waals surface area contributed by atoms with Gasteiger partial charge in [0.15, 0.2) is 5.82 Å². The lowest BCUT2D eigenvalue weighted by atomic mass is 10.0. The lowest BCUT2D eigenvalue weighted by Crippen LogP contribution is -2.37. The van der Waals surface area contributed by atoms with Crippen molar-refractivity contribution in [3.8, 4) is 0 Å². The molecule has 1 fully saturated rings. The standard InChI is InChI=1S/C14H19Cl2FN2/c1-19-7-3-2-4-11(19)5-6-18-10-8-12(15)14(17)13(16)9-10/h8-9,11,18H,2-7H2,1H3. The third-order valence-electron chi connectivity index (χ3n) is 3.71. The number of nitrogens with one attached hydrogen (secondary N) is 1. The molecule has 1 aromatic rings. The third kappa shape index (κ3) is 3.98. The van der Waals surface area contributed by atoms with Gasteiger partial charge in [-0.15, -0.1) is 0 Å². The smallest absolute Gasteiger partial charge is 0.160 e. The summed E-state index contributed by atoms with van der Waals surface area (Å²) < 4.78 is 13.3. The normalized spacial score (nSPS) is 20.5. The summed E-state index contributed by atoms with van der Waals surface area (Å²) in [5.74, 6) is -0.555. The number of nitrogens with zero attached hydrogens (tertiary/aromatic N) is 1. The zero-order valence-electron chi connectivity index (χ0n) is 11.1. The maximum atomic E-state index is 13.3. The zero-order valence-corrected chi connectivity index (χ0v) is 12.6. The van der Waals surface area contributed by atoms with Crippen LogP contribution in [0.1, 0.15) is 25.7 Å². The maximum absolute atomic E-state index is 13.3. The summed E-state index contributed by atoms with van der Waals surface area (Å²) >= 11 is 11.5. The summed E-state index contributed by atoms with van der Waals surface area (Å²) in [6.07, 6.45) is 4.93. The van der Waals surface area contributed by atoms with Gasteiger partial charge in [-0.05, 0) is 45.0 Å². The van der Waals surface area contributed by atoms with Crippen LogP contribution in [0.5, 0.6) is 0 Å². The summed E-state index contributed by atoms with van der Waals surface area (Å²) in [5.41, 5.74) is 0.773. The van der Waals surface area contributed by atoms with Gasteiger partial charge in [-0.3, -0.25) is 0 Å². The highest BCUT2D eigenvalue weighted by Crippen LogP contribution is 2.27. The number of rotatable bonds is 4. The second-order valence-electron chi connectivity index (χ2n) is 5.10. The van der Waals surface area contributed by atoms with E-state index in [1.165, 1.54) is 25.8 Å². The molecule has 1 aromatic carbocycles. The number of hydrogen-bond acceptors (Lipinski definition) is 2. The molecule has 1 N–H and O–H groups in total. The number of piperidine rings is 1. The van der Waals surface area contributed by atoms with Gasteiger partial charge in [0.2, 0.25) is 0 Å². The minimum atomic E-state index is -0.555. The summed E-state index contributed by atoms with van der Waals surface area (Å²) in [6.45, 7) is 2.02. The SMILES string of the molecule is CN1CCCCC1CCNc1cc(Cl)c(F)c(Cl)c1. The molecule has 19 heavy (non-hydrogen) atoms. The second kappa shape index (κ2) is 6.78. The Morgan fingerprint density at radius 3 is 2.63 bits per heavy atom. The van der Waals surface area contributed by atoms with E-state index in [0.717, 1.165) is 18.7 Å². The van der Waals surface area contributed by atoms with Gasteiger partial charge in [0.1, 0.15) is 0 Å². The van der Waals surface area contributed by atoms with Gasteiger partial charge in [0, 0.05) is 18.3 Å². The first-order chi connectivity index (χ1) is 9.08. The second-order valence-corrected chi connectivity index (χ2v) is 5.91. The van der Waals surface area contributed by atoms with Crippen LogP contribution in [-0.4, -0.2) is 31.1 Å². The van der Waals surface area contributed by atoms with E-state index in [4.69, 9.17) is 23.2 Å². The summed E-state index contributed by atoms with van der Waals surface area (Å²) in [7, 11) is 2.18. The summed E-state index contributed by atoms with van der Waals surface area (Å²) in [4.78, 5) is 2.41. The first kappa shape index (κ1) is 14.9. The molecule has 0 saturated carbocycles. The van der Waals surface area contributed by atoms with Gasteiger partial charge < -0.3 is 10.2 Å². The lowest BCUT2D eigenvalue weighted by molar-refractivity contribution is 0.179. The first-order valence-electron chi connectivity index (χ1n) is 6.66. The molecule has 1 heterocycles. The fourth-order valence-electron chi connectivity index (χ4n) is 2.55. The van der Waals surface area contributed by atoms with Gasteiger partial charge in [0.25, 0.3) is 0 Å². The average Bonchev–Trinajstić information content (AvgIpc) is 2.38. The van der Waals surface area contributed by atoms with Crippen LogP contribution in [0.3, 0.4) is 0 Å². The molecule has 2 rings (SSSR count). The molecule has 1 saturated heterocycles. The molecule has 0 spiro atoms. The molecule has 0 aromatic heterocycles. The van der Waals surface area contributed by atoms with Crippen molar-refractivity contribution in [1.82, 2.24) is 4.90 Å². The zero-order chi connectivity index (χ0) is 13.8. The van der Waals surface area contributed by atoms with E-state index < -0.39 is 5.82 Å². The van der Waals surface area contributed by atoms with Crippen molar-refractivity contribution in [2.24, 2.45) is 0 Å². The van der Waals surface area contributed by atoms with Crippen molar-refractivity contribution in [3.05, 3.63) is 28.0 Å². The van der Waals surface area contributed by atoms with E-state index in [9.17, 15) is 4.39 Å². The molecule has 0 aliphatic carbocycles. The van der Waals surface area contributed by atoms with E-state index >= 15 is 0 Å². The van der Waals surface area contributed by atoms with Gasteiger partial charge in [-0.1, -0.05) is 29.6 Å². The molecule has 1 unspecified atom stereocenters. The third-order valence-corrected chi connectivity index (χ3v) is 4.26. The highest BCUT2D eigenvalue weighted by Gasteiger charge is 2.18. The largest absolute Gasteiger partial charge is 0.385 e. The van der Waals surface area contributed by atoms with Crippen molar-refractivity contribution in [2.45, 2.75) is 31.7 Å². The van der Waals surface area contributed by atoms with Crippen LogP contribution in [0.25, 0.3) is 0 Å². The summed E-state index contributed by atoms with van der Waals surface area (Å²) in [5, 5.41) is 3.38. The Morgan fingerprint density at radius 2 is 2.00 bits per heavy atom. The lowest BCUT2D eigenvalue weighted by Gasteiger charge is -2.32. The Bertz CT molecular complexity index is 416. The number of likely N-dealkylation sites (tertiary alicyclic amines) is 1.